The third-order valence-corrected chi connectivity index (χ3v) is 4.74. The van der Waals surface area contributed by atoms with Gasteiger partial charge < -0.3 is 20.1 Å². The van der Waals surface area contributed by atoms with E-state index < -0.39 is 0 Å². The van der Waals surface area contributed by atoms with Gasteiger partial charge in [0.2, 0.25) is 0 Å². The topological polar surface area (TPSA) is 64.8 Å². The predicted octanol–water partition coefficient (Wildman–Crippen LogP) is 3.09. The Bertz CT molecular complexity index is 709. The van der Waals surface area contributed by atoms with Crippen LogP contribution in [0.5, 0.6) is 5.75 Å². The number of rotatable bonds is 7. The average molecular weight is 391 g/mol. The van der Waals surface area contributed by atoms with E-state index in [9.17, 15) is 4.79 Å². The van der Waals surface area contributed by atoms with Crippen LogP contribution >= 0.6 is 12.4 Å². The summed E-state index contributed by atoms with van der Waals surface area (Å²) in [6, 6.07) is 17.4. The van der Waals surface area contributed by atoms with Gasteiger partial charge in [0.15, 0.2) is 0 Å². The molecular weight excluding hydrogens is 364 g/mol. The van der Waals surface area contributed by atoms with E-state index in [1.807, 2.05) is 47.4 Å². The second-order valence-electron chi connectivity index (χ2n) is 6.61. The third-order valence-electron chi connectivity index (χ3n) is 4.74. The van der Waals surface area contributed by atoms with Gasteiger partial charge in [-0.05, 0) is 29.8 Å². The summed E-state index contributed by atoms with van der Waals surface area (Å²) in [5.74, 6) is 0.964. The van der Waals surface area contributed by atoms with Crippen LogP contribution in [0, 0.1) is 0 Å². The van der Waals surface area contributed by atoms with Gasteiger partial charge >= 0.3 is 0 Å². The minimum Gasteiger partial charge on any atom is -0.494 e. The molecule has 1 heterocycles. The summed E-state index contributed by atoms with van der Waals surface area (Å²) in [7, 11) is 1.67. The fraction of sp³-hybridized carbons (Fsp3) is 0.381. The molecule has 2 N–H and O–H groups in total. The smallest absolute Gasteiger partial charge is 0.253 e. The molecule has 1 amide bonds. The average Bonchev–Trinajstić information content (AvgIpc) is 3.07. The van der Waals surface area contributed by atoms with Crippen molar-refractivity contribution in [1.82, 2.24) is 4.90 Å². The molecule has 0 unspecified atom stereocenters. The Hall–Kier alpha value is -2.08. The zero-order valence-corrected chi connectivity index (χ0v) is 16.4. The summed E-state index contributed by atoms with van der Waals surface area (Å²) >= 11 is 0. The number of nitrogens with two attached hydrogens (primary N) is 1. The molecule has 146 valence electrons. The lowest BCUT2D eigenvalue weighted by Gasteiger charge is -2.17. The van der Waals surface area contributed by atoms with Gasteiger partial charge in [0.05, 0.1) is 6.61 Å². The molecule has 0 saturated carbocycles. The van der Waals surface area contributed by atoms with Crippen molar-refractivity contribution in [3.63, 3.8) is 0 Å². The van der Waals surface area contributed by atoms with Crippen molar-refractivity contribution in [3.8, 4) is 5.75 Å². The van der Waals surface area contributed by atoms with Crippen LogP contribution in [0.3, 0.4) is 0 Å². The first-order chi connectivity index (χ1) is 12.7. The largest absolute Gasteiger partial charge is 0.494 e. The fourth-order valence-electron chi connectivity index (χ4n) is 3.32. The Morgan fingerprint density at radius 1 is 1.07 bits per heavy atom. The van der Waals surface area contributed by atoms with Gasteiger partial charge in [-0.25, -0.2) is 0 Å². The van der Waals surface area contributed by atoms with Crippen LogP contribution in [-0.2, 0) is 4.74 Å². The highest BCUT2D eigenvalue weighted by molar-refractivity contribution is 5.94. The van der Waals surface area contributed by atoms with E-state index in [0.29, 0.717) is 31.9 Å². The minimum atomic E-state index is -0.0373. The van der Waals surface area contributed by atoms with Crippen LogP contribution in [0.2, 0.25) is 0 Å². The van der Waals surface area contributed by atoms with Crippen molar-refractivity contribution < 1.29 is 14.3 Å². The molecule has 2 atom stereocenters. The SMILES string of the molecule is COCCCOc1ccc(C(=O)N2C[C@@H](N)[C@H](c3ccccc3)C2)cc1.Cl. The number of hydrogen-bond donors (Lipinski definition) is 1. The zero-order chi connectivity index (χ0) is 18.4. The lowest BCUT2D eigenvalue weighted by molar-refractivity contribution is 0.0789. The molecule has 1 aliphatic heterocycles. The molecule has 5 nitrogen and oxygen atoms in total. The highest BCUT2D eigenvalue weighted by Crippen LogP contribution is 2.27. The molecule has 27 heavy (non-hydrogen) atoms. The third kappa shape index (κ3) is 5.45. The van der Waals surface area contributed by atoms with Crippen LogP contribution in [0.15, 0.2) is 54.6 Å². The van der Waals surface area contributed by atoms with E-state index in [0.717, 1.165) is 12.2 Å². The normalized spacial score (nSPS) is 18.8. The fourth-order valence-corrected chi connectivity index (χ4v) is 3.32. The van der Waals surface area contributed by atoms with Crippen LogP contribution < -0.4 is 10.5 Å². The first kappa shape index (κ1) is 21.2. The number of carbonyl (C=O) groups is 1. The summed E-state index contributed by atoms with van der Waals surface area (Å²) in [5, 5.41) is 0. The summed E-state index contributed by atoms with van der Waals surface area (Å²) in [4.78, 5) is 14.6. The Balaban J connectivity index is 0.00000261. The Labute approximate surface area is 166 Å². The first-order valence-electron chi connectivity index (χ1n) is 9.00. The predicted molar refractivity (Wildman–Crippen MR) is 109 cm³/mol. The van der Waals surface area contributed by atoms with Gasteiger partial charge in [0, 0.05) is 50.8 Å². The zero-order valence-electron chi connectivity index (χ0n) is 15.5. The molecule has 2 aromatic rings. The van der Waals surface area contributed by atoms with Crippen molar-refractivity contribution in [2.75, 3.05) is 33.4 Å². The van der Waals surface area contributed by atoms with E-state index in [-0.39, 0.29) is 30.3 Å². The number of hydrogen-bond acceptors (Lipinski definition) is 4. The molecule has 2 aromatic carbocycles. The van der Waals surface area contributed by atoms with Gasteiger partial charge in [-0.15, -0.1) is 12.4 Å². The van der Waals surface area contributed by atoms with Crippen LogP contribution in [-0.4, -0.2) is 50.3 Å². The van der Waals surface area contributed by atoms with Gasteiger partial charge in [0.25, 0.3) is 5.91 Å². The summed E-state index contributed by atoms with van der Waals surface area (Å²) in [6.07, 6.45) is 0.837. The van der Waals surface area contributed by atoms with Crippen LogP contribution in [0.4, 0.5) is 0 Å². The Morgan fingerprint density at radius 3 is 2.44 bits per heavy atom. The number of halogens is 1. The summed E-state index contributed by atoms with van der Waals surface area (Å²) in [5.41, 5.74) is 8.15. The molecule has 0 radical (unpaired) electrons. The van der Waals surface area contributed by atoms with Gasteiger partial charge in [-0.1, -0.05) is 30.3 Å². The maximum Gasteiger partial charge on any atom is 0.253 e. The highest BCUT2D eigenvalue weighted by Gasteiger charge is 2.34. The molecule has 0 aliphatic carbocycles. The van der Waals surface area contributed by atoms with E-state index in [2.05, 4.69) is 12.1 Å². The van der Waals surface area contributed by atoms with E-state index in [4.69, 9.17) is 15.2 Å². The van der Waals surface area contributed by atoms with Crippen molar-refractivity contribution in [2.24, 2.45) is 5.73 Å². The van der Waals surface area contributed by atoms with Crippen molar-refractivity contribution in [3.05, 3.63) is 65.7 Å². The van der Waals surface area contributed by atoms with Crippen LogP contribution in [0.1, 0.15) is 28.3 Å². The monoisotopic (exact) mass is 390 g/mol. The molecule has 1 saturated heterocycles. The molecule has 1 fully saturated rings. The molecule has 6 heteroatoms. The van der Waals surface area contributed by atoms with E-state index in [1.165, 1.54) is 5.56 Å². The number of nitrogens with zero attached hydrogens (tertiary/aromatic N) is 1. The second-order valence-corrected chi connectivity index (χ2v) is 6.61. The summed E-state index contributed by atoms with van der Waals surface area (Å²) < 4.78 is 10.6. The molecule has 0 aromatic heterocycles. The maximum atomic E-state index is 12.8. The lowest BCUT2D eigenvalue weighted by atomic mass is 9.95. The molecule has 3 rings (SSSR count). The second kappa shape index (κ2) is 10.3. The van der Waals surface area contributed by atoms with E-state index in [1.54, 1.807) is 7.11 Å². The number of likely N-dealkylation sites (tertiary alicyclic amines) is 1. The van der Waals surface area contributed by atoms with Gasteiger partial charge in [-0.2, -0.15) is 0 Å². The van der Waals surface area contributed by atoms with Crippen molar-refractivity contribution in [1.29, 1.82) is 0 Å². The number of carbonyl (C=O) groups excluding carboxylic acids is 1. The quantitative estimate of drug-likeness (QED) is 0.738. The molecular formula is C21H27ClN2O3. The van der Waals surface area contributed by atoms with Gasteiger partial charge in [-0.3, -0.25) is 4.79 Å². The van der Waals surface area contributed by atoms with Crippen molar-refractivity contribution in [2.45, 2.75) is 18.4 Å². The first-order valence-corrected chi connectivity index (χ1v) is 9.00. The Kier molecular flexibility index (Phi) is 8.10. The molecule has 1 aliphatic rings. The number of benzene rings is 2. The summed E-state index contributed by atoms with van der Waals surface area (Å²) in [6.45, 7) is 2.50. The Morgan fingerprint density at radius 2 is 1.78 bits per heavy atom. The number of methoxy groups -OCH3 is 1. The lowest BCUT2D eigenvalue weighted by Crippen LogP contribution is -2.32. The minimum absolute atomic E-state index is 0. The highest BCUT2D eigenvalue weighted by atomic mass is 35.5. The van der Waals surface area contributed by atoms with Gasteiger partial charge in [0.1, 0.15) is 5.75 Å². The maximum absolute atomic E-state index is 12.8. The standard InChI is InChI=1S/C21H26N2O3.ClH/c1-25-12-5-13-26-18-10-8-17(9-11-18)21(24)23-14-19(20(22)15-23)16-6-3-2-4-7-16;/h2-4,6-11,19-20H,5,12-15,22H2,1H3;1H/t19-,20+;/m0./s1. The van der Waals surface area contributed by atoms with Crippen LogP contribution in [0.25, 0.3) is 0 Å². The van der Waals surface area contributed by atoms with Crippen molar-refractivity contribution >= 4 is 18.3 Å². The number of amides is 1. The number of ether oxygens (including phenoxy) is 2. The van der Waals surface area contributed by atoms with E-state index >= 15 is 0 Å². The molecule has 0 bridgehead atoms. The molecule has 0 spiro atoms.